The van der Waals surface area contributed by atoms with E-state index in [1.807, 2.05) is 32.0 Å². The van der Waals surface area contributed by atoms with Crippen molar-refractivity contribution in [2.45, 2.75) is 27.4 Å². The van der Waals surface area contributed by atoms with Crippen molar-refractivity contribution in [2.24, 2.45) is 5.10 Å². The lowest BCUT2D eigenvalue weighted by Gasteiger charge is -2.14. The molecule has 0 aromatic heterocycles. The zero-order chi connectivity index (χ0) is 18.2. The lowest BCUT2D eigenvalue weighted by atomic mass is 10.1. The number of hydrogen-bond donors (Lipinski definition) is 1. The third-order valence-electron chi connectivity index (χ3n) is 3.23. The third-order valence-corrected chi connectivity index (χ3v) is 3.51. The van der Waals surface area contributed by atoms with Crippen LogP contribution in [-0.2, 0) is 11.4 Å². The molecule has 0 spiro atoms. The quantitative estimate of drug-likeness (QED) is 0.597. The molecular formula is C19H21ClN2O3. The molecule has 0 saturated heterocycles. The van der Waals surface area contributed by atoms with E-state index < -0.39 is 0 Å². The number of rotatable bonds is 7. The van der Waals surface area contributed by atoms with Crippen LogP contribution in [0.15, 0.2) is 41.5 Å². The maximum atomic E-state index is 10.9. The van der Waals surface area contributed by atoms with E-state index in [2.05, 4.69) is 16.6 Å². The number of nitrogens with one attached hydrogen (secondary N) is 1. The normalized spacial score (nSPS) is 10.7. The van der Waals surface area contributed by atoms with Gasteiger partial charge in [0.15, 0.2) is 11.5 Å². The van der Waals surface area contributed by atoms with Crippen LogP contribution in [-0.4, -0.2) is 18.7 Å². The number of aryl methyl sites for hydroxylation is 1. The van der Waals surface area contributed by atoms with Gasteiger partial charge in [-0.3, -0.25) is 4.79 Å². The number of hydrazone groups is 1. The molecule has 2 aromatic carbocycles. The highest BCUT2D eigenvalue weighted by Gasteiger charge is 2.12. The van der Waals surface area contributed by atoms with Crippen LogP contribution >= 0.6 is 11.6 Å². The van der Waals surface area contributed by atoms with Gasteiger partial charge in [-0.15, -0.1) is 0 Å². The number of carbonyl (C=O) groups is 1. The molecule has 2 rings (SSSR count). The lowest BCUT2D eigenvalue weighted by Crippen LogP contribution is -2.12. The van der Waals surface area contributed by atoms with Gasteiger partial charge >= 0.3 is 0 Å². The zero-order valence-corrected chi connectivity index (χ0v) is 15.3. The Hall–Kier alpha value is -2.53. The first-order chi connectivity index (χ1) is 12.0. The molecule has 132 valence electrons. The molecule has 0 unspecified atom stereocenters. The summed E-state index contributed by atoms with van der Waals surface area (Å²) in [5, 5.41) is 4.26. The molecular weight excluding hydrogens is 340 g/mol. The van der Waals surface area contributed by atoms with Crippen molar-refractivity contribution in [3.63, 3.8) is 0 Å². The molecule has 0 aliphatic rings. The molecule has 2 aromatic rings. The van der Waals surface area contributed by atoms with Gasteiger partial charge in [0.2, 0.25) is 5.91 Å². The van der Waals surface area contributed by atoms with E-state index in [0.29, 0.717) is 35.3 Å². The lowest BCUT2D eigenvalue weighted by molar-refractivity contribution is -0.118. The molecule has 0 atom stereocenters. The molecule has 5 nitrogen and oxygen atoms in total. The predicted octanol–water partition coefficient (Wildman–Crippen LogP) is 4.10. The summed E-state index contributed by atoms with van der Waals surface area (Å²) in [5.74, 6) is 0.777. The number of benzene rings is 2. The van der Waals surface area contributed by atoms with Crippen LogP contribution in [0.3, 0.4) is 0 Å². The summed E-state index contributed by atoms with van der Waals surface area (Å²) < 4.78 is 11.5. The van der Waals surface area contributed by atoms with Gasteiger partial charge in [0, 0.05) is 6.92 Å². The van der Waals surface area contributed by atoms with Crippen LogP contribution in [0, 0.1) is 6.92 Å². The summed E-state index contributed by atoms with van der Waals surface area (Å²) in [6.07, 6.45) is 1.50. The monoisotopic (exact) mass is 360 g/mol. The molecule has 0 heterocycles. The van der Waals surface area contributed by atoms with Gasteiger partial charge < -0.3 is 9.47 Å². The van der Waals surface area contributed by atoms with Crippen LogP contribution in [0.2, 0.25) is 5.02 Å². The maximum absolute atomic E-state index is 10.9. The number of carbonyl (C=O) groups excluding carboxylic acids is 1. The number of nitrogens with zero attached hydrogens (tertiary/aromatic N) is 1. The largest absolute Gasteiger partial charge is 0.490 e. The van der Waals surface area contributed by atoms with Gasteiger partial charge in [-0.1, -0.05) is 41.4 Å². The summed E-state index contributed by atoms with van der Waals surface area (Å²) in [5.41, 5.74) is 5.27. The van der Waals surface area contributed by atoms with Crippen molar-refractivity contribution in [1.29, 1.82) is 0 Å². The summed E-state index contributed by atoms with van der Waals surface area (Å²) >= 11 is 6.36. The summed E-state index contributed by atoms with van der Waals surface area (Å²) in [6, 6.07) is 11.6. The number of hydrogen-bond acceptors (Lipinski definition) is 4. The van der Waals surface area contributed by atoms with Crippen molar-refractivity contribution >= 4 is 23.7 Å². The highest BCUT2D eigenvalue weighted by molar-refractivity contribution is 6.32. The fourth-order valence-electron chi connectivity index (χ4n) is 2.22. The Balaban J connectivity index is 2.21. The number of amides is 1. The van der Waals surface area contributed by atoms with Gasteiger partial charge in [0.1, 0.15) is 6.61 Å². The first kappa shape index (κ1) is 18.8. The average molecular weight is 361 g/mol. The Bertz CT molecular complexity index is 775. The van der Waals surface area contributed by atoms with Crippen LogP contribution in [0.1, 0.15) is 30.5 Å². The predicted molar refractivity (Wildman–Crippen MR) is 99.5 cm³/mol. The molecule has 25 heavy (non-hydrogen) atoms. The van der Waals surface area contributed by atoms with Crippen LogP contribution in [0.4, 0.5) is 0 Å². The van der Waals surface area contributed by atoms with Crippen molar-refractivity contribution in [1.82, 2.24) is 5.43 Å². The molecule has 0 fully saturated rings. The van der Waals surface area contributed by atoms with Crippen molar-refractivity contribution < 1.29 is 14.3 Å². The Morgan fingerprint density at radius 3 is 2.76 bits per heavy atom. The third kappa shape index (κ3) is 5.80. The Morgan fingerprint density at radius 1 is 1.28 bits per heavy atom. The second kappa shape index (κ2) is 9.08. The fraction of sp³-hybridized carbons (Fsp3) is 0.263. The number of halogens is 1. The molecule has 0 saturated carbocycles. The molecule has 0 aliphatic carbocycles. The Kier molecular flexibility index (Phi) is 6.83. The molecule has 6 heteroatoms. The van der Waals surface area contributed by atoms with E-state index in [1.54, 1.807) is 12.1 Å². The standard InChI is InChI=1S/C19H21ClN2O3/c1-4-24-18-10-16(11-21-22-14(3)23)9-17(20)19(18)25-12-15-7-5-6-13(2)8-15/h5-11H,4,12H2,1-3H3,(H,22,23)/b21-11-. The average Bonchev–Trinajstić information content (AvgIpc) is 2.54. The topological polar surface area (TPSA) is 59.9 Å². The molecule has 0 aliphatic heterocycles. The van der Waals surface area contributed by atoms with E-state index in [1.165, 1.54) is 18.7 Å². The first-order valence-corrected chi connectivity index (χ1v) is 8.31. The Morgan fingerprint density at radius 2 is 2.08 bits per heavy atom. The molecule has 1 N–H and O–H groups in total. The molecule has 1 amide bonds. The minimum Gasteiger partial charge on any atom is -0.490 e. The van der Waals surface area contributed by atoms with Gasteiger partial charge in [0.05, 0.1) is 17.8 Å². The zero-order valence-electron chi connectivity index (χ0n) is 14.5. The van der Waals surface area contributed by atoms with Gasteiger partial charge in [-0.05, 0) is 37.1 Å². The first-order valence-electron chi connectivity index (χ1n) is 7.94. The second-order valence-corrected chi connectivity index (χ2v) is 5.87. The van der Waals surface area contributed by atoms with Crippen LogP contribution < -0.4 is 14.9 Å². The SMILES string of the molecule is CCOc1cc(/C=N\NC(C)=O)cc(Cl)c1OCc1cccc(C)c1. The summed E-state index contributed by atoms with van der Waals surface area (Å²) in [4.78, 5) is 10.9. The van der Waals surface area contributed by atoms with E-state index >= 15 is 0 Å². The maximum Gasteiger partial charge on any atom is 0.236 e. The van der Waals surface area contributed by atoms with Crippen molar-refractivity contribution in [2.75, 3.05) is 6.61 Å². The van der Waals surface area contributed by atoms with Crippen LogP contribution in [0.5, 0.6) is 11.5 Å². The van der Waals surface area contributed by atoms with Gasteiger partial charge in [-0.2, -0.15) is 5.10 Å². The van der Waals surface area contributed by atoms with Gasteiger partial charge in [0.25, 0.3) is 0 Å². The highest BCUT2D eigenvalue weighted by atomic mass is 35.5. The summed E-state index contributed by atoms with van der Waals surface area (Å²) in [7, 11) is 0. The van der Waals surface area contributed by atoms with E-state index in [4.69, 9.17) is 21.1 Å². The minimum absolute atomic E-state index is 0.245. The highest BCUT2D eigenvalue weighted by Crippen LogP contribution is 2.37. The van der Waals surface area contributed by atoms with Crippen LogP contribution in [0.25, 0.3) is 0 Å². The minimum atomic E-state index is -0.245. The fourth-order valence-corrected chi connectivity index (χ4v) is 2.49. The van der Waals surface area contributed by atoms with E-state index in [0.717, 1.165) is 5.56 Å². The summed E-state index contributed by atoms with van der Waals surface area (Å²) in [6.45, 7) is 6.17. The molecule has 0 bridgehead atoms. The van der Waals surface area contributed by atoms with Gasteiger partial charge in [-0.25, -0.2) is 5.43 Å². The smallest absolute Gasteiger partial charge is 0.236 e. The second-order valence-electron chi connectivity index (χ2n) is 5.47. The van der Waals surface area contributed by atoms with E-state index in [9.17, 15) is 4.79 Å². The Labute approximate surface area is 152 Å². The molecule has 0 radical (unpaired) electrons. The van der Waals surface area contributed by atoms with Crippen molar-refractivity contribution in [3.05, 3.63) is 58.1 Å². The number of ether oxygens (including phenoxy) is 2. The van der Waals surface area contributed by atoms with E-state index in [-0.39, 0.29) is 5.91 Å². The van der Waals surface area contributed by atoms with Crippen molar-refractivity contribution in [3.8, 4) is 11.5 Å².